The van der Waals surface area contributed by atoms with E-state index >= 15 is 0 Å². The first-order valence-electron chi connectivity index (χ1n) is 6.80. The molecular formula is C15H17ClFN3. The van der Waals surface area contributed by atoms with E-state index in [0.29, 0.717) is 16.5 Å². The zero-order valence-electron chi connectivity index (χ0n) is 11.3. The van der Waals surface area contributed by atoms with Gasteiger partial charge in [0.15, 0.2) is 0 Å². The summed E-state index contributed by atoms with van der Waals surface area (Å²) >= 11 is 6.12. The lowest BCUT2D eigenvalue weighted by Crippen LogP contribution is -2.25. The minimum absolute atomic E-state index is 0.0644. The highest BCUT2D eigenvalue weighted by Crippen LogP contribution is 2.35. The Bertz CT molecular complexity index is 632. The molecule has 0 spiro atoms. The van der Waals surface area contributed by atoms with Gasteiger partial charge >= 0.3 is 0 Å². The number of halogens is 2. The Morgan fingerprint density at radius 1 is 1.45 bits per heavy atom. The highest BCUT2D eigenvalue weighted by atomic mass is 35.5. The van der Waals surface area contributed by atoms with Gasteiger partial charge in [-0.15, -0.1) is 0 Å². The van der Waals surface area contributed by atoms with Crippen molar-refractivity contribution in [2.24, 2.45) is 11.8 Å². The van der Waals surface area contributed by atoms with Crippen molar-refractivity contribution >= 4 is 17.3 Å². The molecule has 20 heavy (non-hydrogen) atoms. The third kappa shape index (κ3) is 2.52. The number of rotatable bonds is 3. The molecule has 0 aliphatic heterocycles. The molecule has 0 bridgehead atoms. The van der Waals surface area contributed by atoms with Crippen LogP contribution >= 0.6 is 11.6 Å². The second-order valence-electron chi connectivity index (χ2n) is 5.75. The molecule has 1 aliphatic carbocycles. The molecule has 1 aromatic heterocycles. The van der Waals surface area contributed by atoms with Gasteiger partial charge in [0.2, 0.25) is 0 Å². The van der Waals surface area contributed by atoms with E-state index in [0.717, 1.165) is 18.0 Å². The van der Waals surface area contributed by atoms with E-state index in [9.17, 15) is 4.39 Å². The second kappa shape index (κ2) is 5.09. The minimum Gasteiger partial charge on any atom is -0.396 e. The van der Waals surface area contributed by atoms with Crippen molar-refractivity contribution in [3.63, 3.8) is 0 Å². The Labute approximate surface area is 122 Å². The van der Waals surface area contributed by atoms with Crippen molar-refractivity contribution in [1.29, 1.82) is 0 Å². The van der Waals surface area contributed by atoms with E-state index in [1.807, 2.05) is 10.9 Å². The van der Waals surface area contributed by atoms with Crippen LogP contribution in [0.5, 0.6) is 0 Å². The number of nitrogens with zero attached hydrogens (tertiary/aromatic N) is 2. The molecule has 2 aromatic rings. The summed E-state index contributed by atoms with van der Waals surface area (Å²) in [4.78, 5) is 0. The quantitative estimate of drug-likeness (QED) is 0.870. The van der Waals surface area contributed by atoms with Crippen LogP contribution < -0.4 is 5.73 Å². The van der Waals surface area contributed by atoms with Crippen molar-refractivity contribution in [1.82, 2.24) is 9.78 Å². The average Bonchev–Trinajstić information content (AvgIpc) is 2.80. The molecule has 1 heterocycles. The molecule has 106 valence electrons. The van der Waals surface area contributed by atoms with Gasteiger partial charge in [-0.2, -0.15) is 5.10 Å². The van der Waals surface area contributed by atoms with Gasteiger partial charge in [0.25, 0.3) is 0 Å². The highest BCUT2D eigenvalue weighted by Gasteiger charge is 2.25. The van der Waals surface area contributed by atoms with Crippen LogP contribution in [0.25, 0.3) is 11.1 Å². The van der Waals surface area contributed by atoms with Gasteiger partial charge in [-0.25, -0.2) is 4.39 Å². The molecule has 3 nitrogen and oxygen atoms in total. The van der Waals surface area contributed by atoms with Crippen LogP contribution in [0.4, 0.5) is 10.1 Å². The third-order valence-electron chi connectivity index (χ3n) is 3.95. The zero-order valence-corrected chi connectivity index (χ0v) is 12.1. The number of hydrogen-bond acceptors (Lipinski definition) is 2. The summed E-state index contributed by atoms with van der Waals surface area (Å²) in [6.07, 6.45) is 6.15. The fourth-order valence-electron chi connectivity index (χ4n) is 2.87. The fourth-order valence-corrected chi connectivity index (χ4v) is 3.15. The average molecular weight is 294 g/mol. The SMILES string of the molecule is CC1CC(Cn2cc(-c3cc(F)c(N)cc3Cl)cn2)C1. The standard InChI is InChI=1S/C15H17ClFN3/c1-9-2-10(3-9)7-20-8-11(6-19-20)12-4-14(17)15(18)5-13(12)16/h4-6,8-10H,2-3,7,18H2,1H3. The molecule has 0 amide bonds. The Hall–Kier alpha value is -1.55. The fraction of sp³-hybridized carbons (Fsp3) is 0.400. The molecule has 0 saturated heterocycles. The third-order valence-corrected chi connectivity index (χ3v) is 4.26. The summed E-state index contributed by atoms with van der Waals surface area (Å²) in [7, 11) is 0. The van der Waals surface area contributed by atoms with Gasteiger partial charge in [-0.3, -0.25) is 4.68 Å². The van der Waals surface area contributed by atoms with E-state index in [2.05, 4.69) is 12.0 Å². The van der Waals surface area contributed by atoms with Gasteiger partial charge in [-0.05, 0) is 36.8 Å². The topological polar surface area (TPSA) is 43.8 Å². The van der Waals surface area contributed by atoms with E-state index in [1.54, 1.807) is 6.20 Å². The van der Waals surface area contributed by atoms with Crippen molar-refractivity contribution in [3.8, 4) is 11.1 Å². The summed E-state index contributed by atoms with van der Waals surface area (Å²) in [6, 6.07) is 2.81. The monoisotopic (exact) mass is 293 g/mol. The Kier molecular flexibility index (Phi) is 3.42. The normalized spacial score (nSPS) is 21.8. The zero-order chi connectivity index (χ0) is 14.3. The molecule has 5 heteroatoms. The van der Waals surface area contributed by atoms with Crippen LogP contribution in [0.2, 0.25) is 5.02 Å². The van der Waals surface area contributed by atoms with E-state index < -0.39 is 5.82 Å². The first kappa shape index (κ1) is 13.4. The van der Waals surface area contributed by atoms with Gasteiger partial charge in [-0.1, -0.05) is 18.5 Å². The number of anilines is 1. The molecule has 0 unspecified atom stereocenters. The van der Waals surface area contributed by atoms with Crippen LogP contribution in [0, 0.1) is 17.7 Å². The largest absolute Gasteiger partial charge is 0.396 e. The summed E-state index contributed by atoms with van der Waals surface area (Å²) in [5.41, 5.74) is 7.01. The molecule has 0 atom stereocenters. The van der Waals surface area contributed by atoms with Crippen LogP contribution in [0.3, 0.4) is 0 Å². The molecule has 3 rings (SSSR count). The molecular weight excluding hydrogens is 277 g/mol. The Balaban J connectivity index is 1.81. The van der Waals surface area contributed by atoms with E-state index in [-0.39, 0.29) is 5.69 Å². The van der Waals surface area contributed by atoms with Crippen LogP contribution in [0.1, 0.15) is 19.8 Å². The summed E-state index contributed by atoms with van der Waals surface area (Å²) in [5, 5.41) is 4.78. The highest BCUT2D eigenvalue weighted by molar-refractivity contribution is 6.33. The lowest BCUT2D eigenvalue weighted by Gasteiger charge is -2.32. The smallest absolute Gasteiger partial charge is 0.146 e. The second-order valence-corrected chi connectivity index (χ2v) is 6.15. The molecule has 1 saturated carbocycles. The van der Waals surface area contributed by atoms with Gasteiger partial charge < -0.3 is 5.73 Å². The number of nitrogen functional groups attached to an aromatic ring is 1. The predicted molar refractivity (Wildman–Crippen MR) is 78.9 cm³/mol. The first-order chi connectivity index (χ1) is 9.52. The number of hydrogen-bond donors (Lipinski definition) is 1. The molecule has 1 aliphatic rings. The van der Waals surface area contributed by atoms with Gasteiger partial charge in [0.05, 0.1) is 16.9 Å². The maximum Gasteiger partial charge on any atom is 0.146 e. The molecule has 0 radical (unpaired) electrons. The van der Waals surface area contributed by atoms with Crippen molar-refractivity contribution in [2.75, 3.05) is 5.73 Å². The number of aromatic nitrogens is 2. The van der Waals surface area contributed by atoms with Crippen LogP contribution in [0.15, 0.2) is 24.5 Å². The van der Waals surface area contributed by atoms with Crippen LogP contribution in [-0.2, 0) is 6.54 Å². The summed E-state index contributed by atoms with van der Waals surface area (Å²) in [5.74, 6) is 1.08. The van der Waals surface area contributed by atoms with Gasteiger partial charge in [0.1, 0.15) is 5.82 Å². The van der Waals surface area contributed by atoms with Crippen molar-refractivity contribution in [3.05, 3.63) is 35.4 Å². The lowest BCUT2D eigenvalue weighted by molar-refractivity contribution is 0.182. The first-order valence-corrected chi connectivity index (χ1v) is 7.18. The maximum absolute atomic E-state index is 13.6. The van der Waals surface area contributed by atoms with Crippen molar-refractivity contribution in [2.45, 2.75) is 26.3 Å². The Morgan fingerprint density at radius 2 is 2.20 bits per heavy atom. The van der Waals surface area contributed by atoms with Gasteiger partial charge in [0, 0.05) is 23.9 Å². The predicted octanol–water partition coefficient (Wildman–Crippen LogP) is 3.97. The molecule has 1 fully saturated rings. The van der Waals surface area contributed by atoms with Crippen molar-refractivity contribution < 1.29 is 4.39 Å². The minimum atomic E-state index is -0.454. The van der Waals surface area contributed by atoms with Crippen LogP contribution in [-0.4, -0.2) is 9.78 Å². The van der Waals surface area contributed by atoms with E-state index in [4.69, 9.17) is 17.3 Å². The number of benzene rings is 1. The van der Waals surface area contributed by atoms with E-state index in [1.165, 1.54) is 25.0 Å². The Morgan fingerprint density at radius 3 is 2.90 bits per heavy atom. The summed E-state index contributed by atoms with van der Waals surface area (Å²) < 4.78 is 15.5. The maximum atomic E-state index is 13.6. The summed E-state index contributed by atoms with van der Waals surface area (Å²) in [6.45, 7) is 3.18. The number of nitrogens with two attached hydrogens (primary N) is 1. The molecule has 1 aromatic carbocycles. The lowest BCUT2D eigenvalue weighted by atomic mass is 9.76. The molecule has 2 N–H and O–H groups in total.